The number of likely N-dealkylation sites (tertiary alicyclic amines) is 1. The normalized spacial score (nSPS) is 20.3. The summed E-state index contributed by atoms with van der Waals surface area (Å²) < 4.78 is 0. The summed E-state index contributed by atoms with van der Waals surface area (Å²) in [5.74, 6) is 0.639. The van der Waals surface area contributed by atoms with E-state index in [4.69, 9.17) is 5.73 Å². The summed E-state index contributed by atoms with van der Waals surface area (Å²) in [4.78, 5) is 2.48. The molecule has 1 saturated heterocycles. The summed E-state index contributed by atoms with van der Waals surface area (Å²) in [6.07, 6.45) is 0. The molecule has 2 N–H and O–H groups in total. The molecule has 0 amide bonds. The Kier molecular flexibility index (Phi) is 3.08. The Labute approximate surface area is 92.1 Å². The number of nitrogens with zero attached hydrogens (tertiary/aromatic N) is 1. The molecular weight excluding hydrogens is 184 g/mol. The lowest BCUT2D eigenvalue weighted by Gasteiger charge is -2.44. The van der Waals surface area contributed by atoms with Gasteiger partial charge in [0.1, 0.15) is 0 Å². The molecule has 15 heavy (non-hydrogen) atoms. The van der Waals surface area contributed by atoms with Crippen molar-refractivity contribution in [3.8, 4) is 0 Å². The maximum absolute atomic E-state index is 5.84. The zero-order valence-electron chi connectivity index (χ0n) is 9.56. The first-order chi connectivity index (χ1) is 7.18. The van der Waals surface area contributed by atoms with E-state index in [0.29, 0.717) is 18.0 Å². The van der Waals surface area contributed by atoms with Crippen molar-refractivity contribution in [1.82, 2.24) is 4.90 Å². The SMILES string of the molecule is CC(C)C(c1ccccc1)N1CC(N)C1. The van der Waals surface area contributed by atoms with Crippen LogP contribution in [0.4, 0.5) is 0 Å². The Morgan fingerprint density at radius 2 is 1.80 bits per heavy atom. The highest BCUT2D eigenvalue weighted by Gasteiger charge is 2.32. The highest BCUT2D eigenvalue weighted by molar-refractivity contribution is 5.20. The Hall–Kier alpha value is -0.860. The molecule has 2 rings (SSSR count). The molecule has 0 bridgehead atoms. The monoisotopic (exact) mass is 204 g/mol. The minimum absolute atomic E-state index is 0.384. The molecule has 2 heteroatoms. The molecule has 1 aromatic rings. The molecule has 1 atom stereocenters. The number of hydrogen-bond acceptors (Lipinski definition) is 2. The maximum Gasteiger partial charge on any atom is 0.0372 e. The van der Waals surface area contributed by atoms with E-state index in [1.165, 1.54) is 5.56 Å². The van der Waals surface area contributed by atoms with Gasteiger partial charge < -0.3 is 5.73 Å². The molecular formula is C13H20N2. The number of benzene rings is 1. The third kappa shape index (κ3) is 2.21. The van der Waals surface area contributed by atoms with Gasteiger partial charge in [-0.2, -0.15) is 0 Å². The number of nitrogens with two attached hydrogens (primary N) is 1. The van der Waals surface area contributed by atoms with E-state index in [0.717, 1.165) is 13.1 Å². The molecule has 1 fully saturated rings. The molecule has 0 radical (unpaired) electrons. The van der Waals surface area contributed by atoms with Crippen molar-refractivity contribution in [2.45, 2.75) is 25.9 Å². The predicted molar refractivity (Wildman–Crippen MR) is 63.6 cm³/mol. The van der Waals surface area contributed by atoms with Crippen LogP contribution in [0.2, 0.25) is 0 Å². The Bertz CT molecular complexity index is 302. The van der Waals surface area contributed by atoms with Gasteiger partial charge in [0.05, 0.1) is 0 Å². The van der Waals surface area contributed by atoms with Crippen LogP contribution in [0.15, 0.2) is 30.3 Å². The first-order valence-corrected chi connectivity index (χ1v) is 5.73. The van der Waals surface area contributed by atoms with Crippen molar-refractivity contribution >= 4 is 0 Å². The third-order valence-corrected chi connectivity index (χ3v) is 3.10. The fraction of sp³-hybridized carbons (Fsp3) is 0.538. The van der Waals surface area contributed by atoms with E-state index < -0.39 is 0 Å². The summed E-state index contributed by atoms with van der Waals surface area (Å²) in [5, 5.41) is 0. The first kappa shape index (κ1) is 10.7. The third-order valence-electron chi connectivity index (χ3n) is 3.10. The minimum atomic E-state index is 0.384. The largest absolute Gasteiger partial charge is 0.325 e. The zero-order chi connectivity index (χ0) is 10.8. The van der Waals surface area contributed by atoms with Crippen molar-refractivity contribution < 1.29 is 0 Å². The van der Waals surface area contributed by atoms with E-state index >= 15 is 0 Å². The van der Waals surface area contributed by atoms with Gasteiger partial charge in [0.2, 0.25) is 0 Å². The van der Waals surface area contributed by atoms with Crippen LogP contribution in [-0.2, 0) is 0 Å². The van der Waals surface area contributed by atoms with Crippen LogP contribution in [0.1, 0.15) is 25.5 Å². The van der Waals surface area contributed by atoms with E-state index in [1.54, 1.807) is 0 Å². The van der Waals surface area contributed by atoms with Gasteiger partial charge in [0, 0.05) is 25.2 Å². The topological polar surface area (TPSA) is 29.3 Å². The predicted octanol–water partition coefficient (Wildman–Crippen LogP) is 2.03. The van der Waals surface area contributed by atoms with Crippen LogP contribution < -0.4 is 5.73 Å². The first-order valence-electron chi connectivity index (χ1n) is 5.73. The molecule has 1 heterocycles. The smallest absolute Gasteiger partial charge is 0.0372 e. The average molecular weight is 204 g/mol. The van der Waals surface area contributed by atoms with Crippen LogP contribution in [0, 0.1) is 5.92 Å². The van der Waals surface area contributed by atoms with E-state index in [2.05, 4.69) is 49.1 Å². The fourth-order valence-electron chi connectivity index (χ4n) is 2.44. The van der Waals surface area contributed by atoms with Crippen molar-refractivity contribution in [2.75, 3.05) is 13.1 Å². The lowest BCUT2D eigenvalue weighted by Crippen LogP contribution is -2.57. The minimum Gasteiger partial charge on any atom is -0.325 e. The van der Waals surface area contributed by atoms with Crippen LogP contribution in [0.3, 0.4) is 0 Å². The lowest BCUT2D eigenvalue weighted by molar-refractivity contribution is 0.0673. The molecule has 2 nitrogen and oxygen atoms in total. The summed E-state index contributed by atoms with van der Waals surface area (Å²) in [6, 6.07) is 11.7. The maximum atomic E-state index is 5.84. The standard InChI is InChI=1S/C13H20N2/c1-10(2)13(15-8-12(14)9-15)11-6-4-3-5-7-11/h3-7,10,12-13H,8-9,14H2,1-2H3. The number of rotatable bonds is 3. The highest BCUT2D eigenvalue weighted by atomic mass is 15.2. The molecule has 1 aliphatic heterocycles. The fourth-order valence-corrected chi connectivity index (χ4v) is 2.44. The lowest BCUT2D eigenvalue weighted by atomic mass is 9.91. The van der Waals surface area contributed by atoms with Crippen LogP contribution in [0.5, 0.6) is 0 Å². The second kappa shape index (κ2) is 4.33. The Morgan fingerprint density at radius 3 is 2.27 bits per heavy atom. The van der Waals surface area contributed by atoms with Crippen molar-refractivity contribution in [1.29, 1.82) is 0 Å². The molecule has 0 saturated carbocycles. The quantitative estimate of drug-likeness (QED) is 0.816. The summed E-state index contributed by atoms with van der Waals surface area (Å²) >= 11 is 0. The van der Waals surface area contributed by atoms with E-state index in [-0.39, 0.29) is 0 Å². The van der Waals surface area contributed by atoms with Gasteiger partial charge in [0.15, 0.2) is 0 Å². The molecule has 1 aromatic carbocycles. The van der Waals surface area contributed by atoms with Crippen molar-refractivity contribution in [3.63, 3.8) is 0 Å². The Balaban J connectivity index is 2.14. The van der Waals surface area contributed by atoms with Gasteiger partial charge in [0.25, 0.3) is 0 Å². The zero-order valence-corrected chi connectivity index (χ0v) is 9.56. The molecule has 0 aromatic heterocycles. The molecule has 82 valence electrons. The second-order valence-electron chi connectivity index (χ2n) is 4.81. The molecule has 0 spiro atoms. The summed E-state index contributed by atoms with van der Waals surface area (Å²) in [6.45, 7) is 6.64. The summed E-state index contributed by atoms with van der Waals surface area (Å²) in [5.41, 5.74) is 7.26. The van der Waals surface area contributed by atoms with Gasteiger partial charge >= 0.3 is 0 Å². The molecule has 0 aliphatic carbocycles. The molecule has 1 unspecified atom stereocenters. The van der Waals surface area contributed by atoms with E-state index in [1.807, 2.05) is 0 Å². The van der Waals surface area contributed by atoms with Crippen molar-refractivity contribution in [3.05, 3.63) is 35.9 Å². The van der Waals surface area contributed by atoms with E-state index in [9.17, 15) is 0 Å². The van der Waals surface area contributed by atoms with Gasteiger partial charge in [-0.15, -0.1) is 0 Å². The van der Waals surface area contributed by atoms with Gasteiger partial charge in [-0.3, -0.25) is 4.90 Å². The summed E-state index contributed by atoms with van der Waals surface area (Å²) in [7, 11) is 0. The highest BCUT2D eigenvalue weighted by Crippen LogP contribution is 2.31. The van der Waals surface area contributed by atoms with Crippen LogP contribution in [-0.4, -0.2) is 24.0 Å². The molecule has 1 aliphatic rings. The van der Waals surface area contributed by atoms with Gasteiger partial charge in [-0.1, -0.05) is 44.2 Å². The van der Waals surface area contributed by atoms with Crippen LogP contribution >= 0.6 is 0 Å². The van der Waals surface area contributed by atoms with Gasteiger partial charge in [-0.05, 0) is 11.5 Å². The van der Waals surface area contributed by atoms with Gasteiger partial charge in [-0.25, -0.2) is 0 Å². The second-order valence-corrected chi connectivity index (χ2v) is 4.81. The Morgan fingerprint density at radius 1 is 1.20 bits per heavy atom. The number of hydrogen-bond donors (Lipinski definition) is 1. The average Bonchev–Trinajstić information content (AvgIpc) is 2.17. The van der Waals surface area contributed by atoms with Crippen molar-refractivity contribution in [2.24, 2.45) is 11.7 Å². The van der Waals surface area contributed by atoms with Crippen LogP contribution in [0.25, 0.3) is 0 Å².